The first-order valence-electron chi connectivity index (χ1n) is 4.16. The number of hydrogen-bond acceptors (Lipinski definition) is 2. The van der Waals surface area contributed by atoms with Gasteiger partial charge in [-0.15, -0.1) is 0 Å². The number of carbonyl (C=O) groups is 1. The van der Waals surface area contributed by atoms with Crippen molar-refractivity contribution in [2.24, 2.45) is 0 Å². The lowest BCUT2D eigenvalue weighted by atomic mass is 10.2. The maximum Gasteiger partial charge on any atom is 0.152 e. The highest BCUT2D eigenvalue weighted by molar-refractivity contribution is 14.1. The van der Waals surface area contributed by atoms with Crippen LogP contribution in [0.15, 0.2) is 35.1 Å². The van der Waals surface area contributed by atoms with E-state index in [2.05, 4.69) is 43.6 Å². The molecule has 0 radical (unpaired) electrons. The van der Waals surface area contributed by atoms with E-state index in [0.717, 1.165) is 20.0 Å². The first-order valence-corrected chi connectivity index (χ1v) is 6.03. The summed E-state index contributed by atoms with van der Waals surface area (Å²) >= 11 is 5.55. The van der Waals surface area contributed by atoms with Crippen LogP contribution in [0.3, 0.4) is 0 Å². The minimum atomic E-state index is 0.623. The van der Waals surface area contributed by atoms with E-state index in [1.165, 1.54) is 0 Å². The molecule has 0 saturated carbocycles. The lowest BCUT2D eigenvalue weighted by Gasteiger charge is -2.04. The van der Waals surface area contributed by atoms with Crippen LogP contribution in [-0.2, 0) is 0 Å². The van der Waals surface area contributed by atoms with E-state index in [1.54, 1.807) is 16.9 Å². The molecule has 5 heteroatoms. The highest BCUT2D eigenvalue weighted by Crippen LogP contribution is 2.19. The minimum Gasteiger partial charge on any atom is -0.298 e. The molecule has 15 heavy (non-hydrogen) atoms. The summed E-state index contributed by atoms with van der Waals surface area (Å²) in [7, 11) is 0. The SMILES string of the molecule is O=Cc1ccc(Br)cc1-n1cc(I)cn1. The fraction of sp³-hybridized carbons (Fsp3) is 0. The third-order valence-corrected chi connectivity index (χ3v) is 2.97. The Labute approximate surface area is 109 Å². The van der Waals surface area contributed by atoms with E-state index >= 15 is 0 Å². The van der Waals surface area contributed by atoms with E-state index in [1.807, 2.05) is 18.3 Å². The Hall–Kier alpha value is -0.690. The van der Waals surface area contributed by atoms with Crippen LogP contribution in [-0.4, -0.2) is 16.1 Å². The first kappa shape index (κ1) is 10.8. The Morgan fingerprint density at radius 1 is 1.47 bits per heavy atom. The van der Waals surface area contributed by atoms with Crippen molar-refractivity contribution in [3.8, 4) is 5.69 Å². The zero-order valence-electron chi connectivity index (χ0n) is 7.52. The molecule has 0 saturated heterocycles. The Kier molecular flexibility index (Phi) is 3.20. The Bertz CT molecular complexity index is 510. The van der Waals surface area contributed by atoms with Gasteiger partial charge in [0.15, 0.2) is 6.29 Å². The monoisotopic (exact) mass is 376 g/mol. The van der Waals surface area contributed by atoms with Gasteiger partial charge in [0, 0.05) is 16.2 Å². The highest BCUT2D eigenvalue weighted by Gasteiger charge is 2.05. The number of aromatic nitrogens is 2. The Balaban J connectivity index is 2.59. The summed E-state index contributed by atoms with van der Waals surface area (Å²) in [4.78, 5) is 10.9. The van der Waals surface area contributed by atoms with Gasteiger partial charge < -0.3 is 0 Å². The normalized spacial score (nSPS) is 10.3. The maximum atomic E-state index is 10.9. The summed E-state index contributed by atoms with van der Waals surface area (Å²) in [6.45, 7) is 0. The molecule has 0 spiro atoms. The third kappa shape index (κ3) is 2.28. The summed E-state index contributed by atoms with van der Waals surface area (Å²) < 4.78 is 3.65. The van der Waals surface area contributed by atoms with Crippen LogP contribution in [0.1, 0.15) is 10.4 Å². The number of benzene rings is 1. The van der Waals surface area contributed by atoms with Gasteiger partial charge in [-0.25, -0.2) is 4.68 Å². The zero-order valence-corrected chi connectivity index (χ0v) is 11.3. The predicted octanol–water partition coefficient (Wildman–Crippen LogP) is 3.05. The van der Waals surface area contributed by atoms with E-state index < -0.39 is 0 Å². The lowest BCUT2D eigenvalue weighted by molar-refractivity contribution is 0.112. The number of hydrogen-bond donors (Lipinski definition) is 0. The Morgan fingerprint density at radius 3 is 2.87 bits per heavy atom. The molecule has 0 unspecified atom stereocenters. The molecule has 0 fully saturated rings. The minimum absolute atomic E-state index is 0.623. The second kappa shape index (κ2) is 4.44. The van der Waals surface area contributed by atoms with Crippen molar-refractivity contribution in [3.05, 3.63) is 44.2 Å². The summed E-state index contributed by atoms with van der Waals surface area (Å²) in [5.74, 6) is 0. The van der Waals surface area contributed by atoms with E-state index in [9.17, 15) is 4.79 Å². The average Bonchev–Trinajstić information content (AvgIpc) is 2.65. The quantitative estimate of drug-likeness (QED) is 0.596. The standard InChI is InChI=1S/C10H6BrIN2O/c11-8-2-1-7(6-15)10(3-8)14-5-9(12)4-13-14/h1-6H. The summed E-state index contributed by atoms with van der Waals surface area (Å²) in [6, 6.07) is 5.47. The molecule has 1 aromatic heterocycles. The fourth-order valence-corrected chi connectivity index (χ4v) is 1.98. The van der Waals surface area contributed by atoms with Gasteiger partial charge >= 0.3 is 0 Å². The van der Waals surface area contributed by atoms with Gasteiger partial charge in [0.2, 0.25) is 0 Å². The molecule has 2 rings (SSSR count). The highest BCUT2D eigenvalue weighted by atomic mass is 127. The third-order valence-electron chi connectivity index (χ3n) is 1.92. The van der Waals surface area contributed by atoms with Crippen molar-refractivity contribution < 1.29 is 4.79 Å². The van der Waals surface area contributed by atoms with Crippen molar-refractivity contribution in [1.29, 1.82) is 0 Å². The molecular formula is C10H6BrIN2O. The van der Waals surface area contributed by atoms with Gasteiger partial charge in [0.1, 0.15) is 0 Å². The molecule has 0 amide bonds. The van der Waals surface area contributed by atoms with Crippen molar-refractivity contribution in [3.63, 3.8) is 0 Å². The topological polar surface area (TPSA) is 34.9 Å². The Morgan fingerprint density at radius 2 is 2.27 bits per heavy atom. The molecule has 2 aromatic rings. The molecule has 0 aliphatic heterocycles. The molecule has 0 bridgehead atoms. The van der Waals surface area contributed by atoms with Gasteiger partial charge in [-0.1, -0.05) is 15.9 Å². The molecule has 0 N–H and O–H groups in total. The van der Waals surface area contributed by atoms with Crippen LogP contribution < -0.4 is 0 Å². The van der Waals surface area contributed by atoms with Crippen molar-refractivity contribution in [1.82, 2.24) is 9.78 Å². The lowest BCUT2D eigenvalue weighted by Crippen LogP contribution is -1.99. The van der Waals surface area contributed by atoms with Crippen LogP contribution in [0.4, 0.5) is 0 Å². The van der Waals surface area contributed by atoms with Crippen molar-refractivity contribution in [2.45, 2.75) is 0 Å². The zero-order chi connectivity index (χ0) is 10.8. The van der Waals surface area contributed by atoms with Gasteiger partial charge in [-0.05, 0) is 40.8 Å². The molecule has 1 heterocycles. The van der Waals surface area contributed by atoms with Crippen LogP contribution >= 0.6 is 38.5 Å². The van der Waals surface area contributed by atoms with E-state index in [-0.39, 0.29) is 0 Å². The number of nitrogens with zero attached hydrogens (tertiary/aromatic N) is 2. The van der Waals surface area contributed by atoms with Gasteiger partial charge in [0.25, 0.3) is 0 Å². The molecule has 0 aliphatic rings. The second-order valence-electron chi connectivity index (χ2n) is 2.92. The summed E-state index contributed by atoms with van der Waals surface area (Å²) in [5.41, 5.74) is 1.40. The summed E-state index contributed by atoms with van der Waals surface area (Å²) in [5, 5.41) is 4.17. The number of halogens is 2. The van der Waals surface area contributed by atoms with Crippen LogP contribution in [0.25, 0.3) is 5.69 Å². The average molecular weight is 377 g/mol. The number of aldehydes is 1. The fourth-order valence-electron chi connectivity index (χ4n) is 1.25. The molecular weight excluding hydrogens is 371 g/mol. The first-order chi connectivity index (χ1) is 7.20. The number of carbonyl (C=O) groups excluding carboxylic acids is 1. The summed E-state index contributed by atoms with van der Waals surface area (Å²) in [6.07, 6.45) is 4.45. The number of rotatable bonds is 2. The molecule has 0 atom stereocenters. The van der Waals surface area contributed by atoms with Gasteiger partial charge in [-0.2, -0.15) is 5.10 Å². The predicted molar refractivity (Wildman–Crippen MR) is 69.4 cm³/mol. The van der Waals surface area contributed by atoms with Crippen LogP contribution in [0.5, 0.6) is 0 Å². The van der Waals surface area contributed by atoms with Gasteiger partial charge in [-0.3, -0.25) is 4.79 Å². The van der Waals surface area contributed by atoms with E-state index in [4.69, 9.17) is 0 Å². The molecule has 0 aliphatic carbocycles. The maximum absolute atomic E-state index is 10.9. The second-order valence-corrected chi connectivity index (χ2v) is 5.09. The van der Waals surface area contributed by atoms with Crippen molar-refractivity contribution in [2.75, 3.05) is 0 Å². The van der Waals surface area contributed by atoms with E-state index in [0.29, 0.717) is 5.56 Å². The van der Waals surface area contributed by atoms with Crippen molar-refractivity contribution >= 4 is 44.8 Å². The molecule has 3 nitrogen and oxygen atoms in total. The van der Waals surface area contributed by atoms with Crippen LogP contribution in [0, 0.1) is 3.57 Å². The molecule has 76 valence electrons. The van der Waals surface area contributed by atoms with Gasteiger partial charge in [0.05, 0.1) is 15.5 Å². The smallest absolute Gasteiger partial charge is 0.152 e. The molecule has 1 aromatic carbocycles. The van der Waals surface area contributed by atoms with Crippen LogP contribution in [0.2, 0.25) is 0 Å². The largest absolute Gasteiger partial charge is 0.298 e.